The standard InChI is InChI=1S/C18H19ClN6O2/c19-11-1-2-13-12(9-11)15(22-21-13)16-23-24-17(27-16)20-10-14(26)25-7-5-18(3-4-18)6-8-25/h1-2,9H,3-8,10H2,(H,20,24)(H,21,22). The SMILES string of the molecule is O=C(CNc1nnc(-c2n[nH]c3ccc(Cl)cc23)o1)N1CCC2(CC1)CC2. The molecule has 8 nitrogen and oxygen atoms in total. The van der Waals surface area contributed by atoms with Gasteiger partial charge in [0.1, 0.15) is 0 Å². The summed E-state index contributed by atoms with van der Waals surface area (Å²) < 4.78 is 5.63. The Bertz CT molecular complexity index is 998. The molecule has 3 aromatic rings. The molecule has 1 aliphatic carbocycles. The molecule has 2 aromatic heterocycles. The molecule has 1 aromatic carbocycles. The monoisotopic (exact) mass is 386 g/mol. The first-order valence-corrected chi connectivity index (χ1v) is 9.49. The average Bonchev–Trinajstić information content (AvgIpc) is 3.08. The number of hydrogen-bond donors (Lipinski definition) is 2. The fourth-order valence-electron chi connectivity index (χ4n) is 3.71. The number of benzene rings is 1. The van der Waals surface area contributed by atoms with Gasteiger partial charge in [0, 0.05) is 23.5 Å². The van der Waals surface area contributed by atoms with Crippen molar-refractivity contribution in [3.8, 4) is 11.6 Å². The zero-order valence-corrected chi connectivity index (χ0v) is 15.4. The number of amides is 1. The van der Waals surface area contributed by atoms with Gasteiger partial charge in [0.25, 0.3) is 5.89 Å². The van der Waals surface area contributed by atoms with Gasteiger partial charge >= 0.3 is 6.01 Å². The quantitative estimate of drug-likeness (QED) is 0.714. The number of carbonyl (C=O) groups is 1. The predicted octanol–water partition coefficient (Wildman–Crippen LogP) is 3.08. The van der Waals surface area contributed by atoms with Crippen LogP contribution in [0, 0.1) is 5.41 Å². The van der Waals surface area contributed by atoms with E-state index < -0.39 is 0 Å². The molecule has 1 saturated carbocycles. The molecule has 0 unspecified atom stereocenters. The molecule has 1 saturated heterocycles. The van der Waals surface area contributed by atoms with Crippen LogP contribution in [-0.2, 0) is 4.79 Å². The molecule has 1 aliphatic heterocycles. The van der Waals surface area contributed by atoms with E-state index in [9.17, 15) is 4.79 Å². The number of likely N-dealkylation sites (tertiary alicyclic amines) is 1. The lowest BCUT2D eigenvalue weighted by Gasteiger charge is -2.32. The Morgan fingerprint density at radius 2 is 2.07 bits per heavy atom. The van der Waals surface area contributed by atoms with E-state index in [0.29, 0.717) is 16.1 Å². The molecule has 5 rings (SSSR count). The average molecular weight is 387 g/mol. The molecule has 27 heavy (non-hydrogen) atoms. The third-order valence-electron chi connectivity index (χ3n) is 5.68. The highest BCUT2D eigenvalue weighted by Gasteiger charge is 2.44. The van der Waals surface area contributed by atoms with Crippen LogP contribution in [0.25, 0.3) is 22.5 Å². The van der Waals surface area contributed by atoms with E-state index in [1.165, 1.54) is 12.8 Å². The minimum Gasteiger partial charge on any atom is -0.402 e. The van der Waals surface area contributed by atoms with Gasteiger partial charge in [0.05, 0.1) is 12.1 Å². The van der Waals surface area contributed by atoms with Crippen molar-refractivity contribution in [2.24, 2.45) is 5.41 Å². The summed E-state index contributed by atoms with van der Waals surface area (Å²) in [6.45, 7) is 1.83. The van der Waals surface area contributed by atoms with E-state index in [-0.39, 0.29) is 24.4 Å². The van der Waals surface area contributed by atoms with Crippen molar-refractivity contribution in [3.63, 3.8) is 0 Å². The Labute approximate surface area is 160 Å². The molecule has 2 N–H and O–H groups in total. The highest BCUT2D eigenvalue weighted by Crippen LogP contribution is 2.53. The summed E-state index contributed by atoms with van der Waals surface area (Å²) in [5.41, 5.74) is 1.92. The van der Waals surface area contributed by atoms with Crippen LogP contribution in [-0.4, -0.2) is 50.8 Å². The molecule has 3 heterocycles. The number of fused-ring (bicyclic) bond motifs is 1. The zero-order chi connectivity index (χ0) is 18.4. The zero-order valence-electron chi connectivity index (χ0n) is 14.7. The second-order valence-corrected chi connectivity index (χ2v) is 7.85. The van der Waals surface area contributed by atoms with Gasteiger partial charge in [-0.1, -0.05) is 16.7 Å². The van der Waals surface area contributed by atoms with E-state index >= 15 is 0 Å². The van der Waals surface area contributed by atoms with Crippen molar-refractivity contribution >= 4 is 34.4 Å². The van der Waals surface area contributed by atoms with Crippen molar-refractivity contribution in [2.75, 3.05) is 25.0 Å². The smallest absolute Gasteiger partial charge is 0.316 e. The Balaban J connectivity index is 1.24. The minimum atomic E-state index is 0.0576. The highest BCUT2D eigenvalue weighted by molar-refractivity contribution is 6.31. The maximum absolute atomic E-state index is 12.4. The highest BCUT2D eigenvalue weighted by atomic mass is 35.5. The Kier molecular flexibility index (Phi) is 3.82. The van der Waals surface area contributed by atoms with Crippen LogP contribution >= 0.6 is 11.6 Å². The van der Waals surface area contributed by atoms with Crippen LogP contribution in [0.3, 0.4) is 0 Å². The summed E-state index contributed by atoms with van der Waals surface area (Å²) >= 11 is 6.06. The van der Waals surface area contributed by atoms with Gasteiger partial charge in [-0.3, -0.25) is 9.89 Å². The van der Waals surface area contributed by atoms with E-state index in [1.807, 2.05) is 11.0 Å². The van der Waals surface area contributed by atoms with Crippen LogP contribution in [0.2, 0.25) is 5.02 Å². The van der Waals surface area contributed by atoms with Gasteiger partial charge in [-0.05, 0) is 49.3 Å². The molecule has 1 spiro atoms. The van der Waals surface area contributed by atoms with E-state index in [1.54, 1.807) is 12.1 Å². The van der Waals surface area contributed by atoms with Crippen LogP contribution in [0.1, 0.15) is 25.7 Å². The number of nitrogens with one attached hydrogen (secondary N) is 2. The fraction of sp³-hybridized carbons (Fsp3) is 0.444. The maximum Gasteiger partial charge on any atom is 0.316 e. The van der Waals surface area contributed by atoms with E-state index in [2.05, 4.69) is 25.7 Å². The molecule has 1 amide bonds. The van der Waals surface area contributed by atoms with Crippen LogP contribution in [0.5, 0.6) is 0 Å². The number of aromatic amines is 1. The number of H-pyrrole nitrogens is 1. The van der Waals surface area contributed by atoms with Gasteiger partial charge in [-0.2, -0.15) is 5.10 Å². The first-order valence-electron chi connectivity index (χ1n) is 9.11. The summed E-state index contributed by atoms with van der Waals surface area (Å²) in [4.78, 5) is 14.3. The Hall–Kier alpha value is -2.61. The summed E-state index contributed by atoms with van der Waals surface area (Å²) in [5, 5.41) is 19.5. The normalized spacial score (nSPS) is 18.2. The number of carbonyl (C=O) groups excluding carboxylic acids is 1. The van der Waals surface area contributed by atoms with Crippen LogP contribution < -0.4 is 5.32 Å². The number of anilines is 1. The first-order chi connectivity index (χ1) is 13.1. The van der Waals surface area contributed by atoms with Crippen molar-refractivity contribution < 1.29 is 9.21 Å². The number of halogens is 1. The number of nitrogens with zero attached hydrogens (tertiary/aromatic N) is 4. The van der Waals surface area contributed by atoms with Gasteiger partial charge in [0.2, 0.25) is 5.91 Å². The third-order valence-corrected chi connectivity index (χ3v) is 5.91. The molecular weight excluding hydrogens is 368 g/mol. The molecule has 0 atom stereocenters. The molecular formula is C18H19ClN6O2. The lowest BCUT2D eigenvalue weighted by molar-refractivity contribution is -0.130. The number of rotatable bonds is 4. The number of piperidine rings is 1. The minimum absolute atomic E-state index is 0.0576. The number of hydrogen-bond acceptors (Lipinski definition) is 6. The molecule has 0 bridgehead atoms. The fourth-order valence-corrected chi connectivity index (χ4v) is 3.88. The molecule has 2 fully saturated rings. The number of aromatic nitrogens is 4. The summed E-state index contributed by atoms with van der Waals surface area (Å²) in [6.07, 6.45) is 4.90. The van der Waals surface area contributed by atoms with Gasteiger partial charge in [-0.15, -0.1) is 5.10 Å². The van der Waals surface area contributed by atoms with E-state index in [0.717, 1.165) is 36.8 Å². The Morgan fingerprint density at radius 3 is 2.85 bits per heavy atom. The summed E-state index contributed by atoms with van der Waals surface area (Å²) in [5.74, 6) is 0.328. The summed E-state index contributed by atoms with van der Waals surface area (Å²) in [6, 6.07) is 5.61. The van der Waals surface area contributed by atoms with Crippen LogP contribution in [0.15, 0.2) is 22.6 Å². The lowest BCUT2D eigenvalue weighted by Crippen LogP contribution is -2.41. The van der Waals surface area contributed by atoms with E-state index in [4.69, 9.17) is 16.0 Å². The Morgan fingerprint density at radius 1 is 1.26 bits per heavy atom. The topological polar surface area (TPSA) is 99.9 Å². The van der Waals surface area contributed by atoms with Crippen molar-refractivity contribution in [2.45, 2.75) is 25.7 Å². The third kappa shape index (κ3) is 3.14. The van der Waals surface area contributed by atoms with Gasteiger partial charge < -0.3 is 14.6 Å². The maximum atomic E-state index is 12.4. The van der Waals surface area contributed by atoms with Gasteiger partial charge in [0.15, 0.2) is 5.69 Å². The van der Waals surface area contributed by atoms with Crippen molar-refractivity contribution in [1.82, 2.24) is 25.3 Å². The largest absolute Gasteiger partial charge is 0.402 e. The first kappa shape index (κ1) is 16.6. The summed E-state index contributed by atoms with van der Waals surface area (Å²) in [7, 11) is 0. The van der Waals surface area contributed by atoms with Crippen molar-refractivity contribution in [1.29, 1.82) is 0 Å². The molecule has 9 heteroatoms. The lowest BCUT2D eigenvalue weighted by atomic mass is 9.94. The van der Waals surface area contributed by atoms with Crippen molar-refractivity contribution in [3.05, 3.63) is 23.2 Å². The molecule has 0 radical (unpaired) electrons. The predicted molar refractivity (Wildman–Crippen MR) is 100 cm³/mol. The van der Waals surface area contributed by atoms with Gasteiger partial charge in [-0.25, -0.2) is 0 Å². The molecule has 2 aliphatic rings. The van der Waals surface area contributed by atoms with Crippen LogP contribution in [0.4, 0.5) is 6.01 Å². The second kappa shape index (κ2) is 6.23. The second-order valence-electron chi connectivity index (χ2n) is 7.41. The molecule has 140 valence electrons.